The molecule has 3 N–H and O–H groups in total. The number of aromatic nitrogens is 2. The van der Waals surface area contributed by atoms with Gasteiger partial charge in [0.05, 0.1) is 11.9 Å². The molecule has 1 fully saturated rings. The monoisotopic (exact) mass is 346 g/mol. The van der Waals surface area contributed by atoms with Gasteiger partial charge in [0, 0.05) is 34.9 Å². The van der Waals surface area contributed by atoms with Gasteiger partial charge in [0.15, 0.2) is 0 Å². The van der Waals surface area contributed by atoms with Gasteiger partial charge in [-0.15, -0.1) is 0 Å². The lowest BCUT2D eigenvalue weighted by atomic mass is 10.00. The van der Waals surface area contributed by atoms with Crippen LogP contribution in [0.3, 0.4) is 0 Å². The van der Waals surface area contributed by atoms with Gasteiger partial charge in [-0.2, -0.15) is 0 Å². The minimum absolute atomic E-state index is 0.157. The Morgan fingerprint density at radius 2 is 2.29 bits per heavy atom. The highest BCUT2D eigenvalue weighted by atomic mass is 79.9. The Hall–Kier alpha value is -1.66. The van der Waals surface area contributed by atoms with E-state index in [-0.39, 0.29) is 5.91 Å². The van der Waals surface area contributed by atoms with E-state index in [1.165, 1.54) is 17.7 Å². The normalized spacial score (nSPS) is 22.9. The van der Waals surface area contributed by atoms with Gasteiger partial charge in [-0.3, -0.25) is 9.78 Å². The van der Waals surface area contributed by atoms with Crippen molar-refractivity contribution in [2.45, 2.75) is 31.3 Å². The van der Waals surface area contributed by atoms with Crippen LogP contribution >= 0.6 is 15.9 Å². The van der Waals surface area contributed by atoms with Crippen molar-refractivity contribution in [3.05, 3.63) is 46.0 Å². The number of nitrogens with zero attached hydrogens (tertiary/aromatic N) is 1. The minimum Gasteiger partial charge on any atom is -0.356 e. The number of carbonyl (C=O) groups is 1. The van der Waals surface area contributed by atoms with Crippen LogP contribution < -0.4 is 10.6 Å². The lowest BCUT2D eigenvalue weighted by Gasteiger charge is -2.24. The quantitative estimate of drug-likeness (QED) is 0.782. The first kappa shape index (κ1) is 13.0. The number of fused-ring (bicyclic) bond motifs is 4. The number of nitrogens with one attached hydrogen (secondary N) is 3. The van der Waals surface area contributed by atoms with Crippen LogP contribution in [0.1, 0.15) is 40.6 Å². The minimum atomic E-state index is -0.157. The summed E-state index contributed by atoms with van der Waals surface area (Å²) in [4.78, 5) is 19.6. The van der Waals surface area contributed by atoms with Crippen molar-refractivity contribution in [3.8, 4) is 0 Å². The Morgan fingerprint density at radius 1 is 1.38 bits per heavy atom. The highest BCUT2D eigenvalue weighted by Gasteiger charge is 2.32. The van der Waals surface area contributed by atoms with E-state index in [9.17, 15) is 4.79 Å². The molecular formula is C15H15BrN4O. The molecule has 2 aromatic heterocycles. The second-order valence-electron chi connectivity index (χ2n) is 5.64. The molecule has 0 aliphatic carbocycles. The number of carbonyl (C=O) groups excluding carboxylic acids is 1. The average molecular weight is 347 g/mol. The number of hydrogen-bond donors (Lipinski definition) is 3. The van der Waals surface area contributed by atoms with Gasteiger partial charge in [-0.05, 0) is 46.5 Å². The Kier molecular flexibility index (Phi) is 3.08. The lowest BCUT2D eigenvalue weighted by molar-refractivity contribution is 0.102. The zero-order valence-corrected chi connectivity index (χ0v) is 12.9. The third-order valence-electron chi connectivity index (χ3n) is 4.21. The maximum absolute atomic E-state index is 12.1. The fourth-order valence-electron chi connectivity index (χ4n) is 3.21. The molecule has 6 heteroatoms. The van der Waals surface area contributed by atoms with E-state index in [0.717, 1.165) is 23.0 Å². The third kappa shape index (κ3) is 2.38. The molecule has 0 spiro atoms. The van der Waals surface area contributed by atoms with Crippen LogP contribution in [0.5, 0.6) is 0 Å². The zero-order chi connectivity index (χ0) is 14.4. The Morgan fingerprint density at radius 3 is 3.10 bits per heavy atom. The van der Waals surface area contributed by atoms with Crippen LogP contribution in [0.4, 0.5) is 5.69 Å². The van der Waals surface area contributed by atoms with Gasteiger partial charge >= 0.3 is 0 Å². The van der Waals surface area contributed by atoms with E-state index < -0.39 is 0 Å². The van der Waals surface area contributed by atoms with Crippen molar-refractivity contribution in [2.75, 3.05) is 5.32 Å². The van der Waals surface area contributed by atoms with Gasteiger partial charge in [-0.25, -0.2) is 0 Å². The van der Waals surface area contributed by atoms with E-state index in [1.807, 2.05) is 0 Å². The highest BCUT2D eigenvalue weighted by Crippen LogP contribution is 2.35. The summed E-state index contributed by atoms with van der Waals surface area (Å²) in [5.41, 5.74) is 3.67. The topological polar surface area (TPSA) is 69.8 Å². The van der Waals surface area contributed by atoms with Crippen molar-refractivity contribution in [1.29, 1.82) is 0 Å². The Labute approximate surface area is 130 Å². The highest BCUT2D eigenvalue weighted by molar-refractivity contribution is 9.10. The molecule has 2 atom stereocenters. The lowest BCUT2D eigenvalue weighted by Crippen LogP contribution is -2.32. The average Bonchev–Trinajstić information content (AvgIpc) is 3.07. The summed E-state index contributed by atoms with van der Waals surface area (Å²) in [6, 6.07) is 4.77. The molecule has 1 amide bonds. The summed E-state index contributed by atoms with van der Waals surface area (Å²) >= 11 is 3.33. The number of amides is 1. The molecule has 2 aliphatic heterocycles. The second kappa shape index (κ2) is 4.96. The molecule has 0 aromatic carbocycles. The van der Waals surface area contributed by atoms with E-state index in [1.54, 1.807) is 18.5 Å². The van der Waals surface area contributed by atoms with Crippen LogP contribution in [-0.2, 0) is 6.42 Å². The summed E-state index contributed by atoms with van der Waals surface area (Å²) in [5, 5.41) is 6.50. The van der Waals surface area contributed by atoms with E-state index >= 15 is 0 Å². The molecule has 1 saturated heterocycles. The van der Waals surface area contributed by atoms with E-state index in [4.69, 9.17) is 0 Å². The summed E-state index contributed by atoms with van der Waals surface area (Å²) in [6.45, 7) is 0. The summed E-state index contributed by atoms with van der Waals surface area (Å²) in [7, 11) is 0. The number of anilines is 1. The molecule has 0 saturated carbocycles. The number of pyridine rings is 1. The van der Waals surface area contributed by atoms with Crippen molar-refractivity contribution in [3.63, 3.8) is 0 Å². The van der Waals surface area contributed by atoms with Gasteiger partial charge in [0.2, 0.25) is 0 Å². The summed E-state index contributed by atoms with van der Waals surface area (Å²) in [6.07, 6.45) is 6.84. The van der Waals surface area contributed by atoms with Crippen molar-refractivity contribution >= 4 is 27.5 Å². The molecule has 108 valence electrons. The van der Waals surface area contributed by atoms with Gasteiger partial charge in [0.1, 0.15) is 5.69 Å². The molecule has 4 rings (SSSR count). The number of rotatable bonds is 2. The SMILES string of the molecule is O=C(Nc1cnc2c(c1)C1CCC(C2)N1)c1cc(Br)c[nH]1. The van der Waals surface area contributed by atoms with Gasteiger partial charge in [0.25, 0.3) is 5.91 Å². The number of halogens is 1. The van der Waals surface area contributed by atoms with Crippen LogP contribution in [0.25, 0.3) is 0 Å². The number of hydrogen-bond acceptors (Lipinski definition) is 3. The maximum Gasteiger partial charge on any atom is 0.272 e. The van der Waals surface area contributed by atoms with Crippen molar-refractivity contribution in [1.82, 2.24) is 15.3 Å². The molecule has 0 radical (unpaired) electrons. The summed E-state index contributed by atoms with van der Waals surface area (Å²) < 4.78 is 0.859. The smallest absolute Gasteiger partial charge is 0.272 e. The predicted octanol–water partition coefficient (Wildman–Crippen LogP) is 2.77. The predicted molar refractivity (Wildman–Crippen MR) is 83.3 cm³/mol. The van der Waals surface area contributed by atoms with Gasteiger partial charge in [-0.1, -0.05) is 0 Å². The van der Waals surface area contributed by atoms with E-state index in [2.05, 4.69) is 42.6 Å². The Bertz CT molecular complexity index is 711. The van der Waals surface area contributed by atoms with Crippen molar-refractivity contribution in [2.24, 2.45) is 0 Å². The second-order valence-corrected chi connectivity index (χ2v) is 6.56. The number of aromatic amines is 1. The molecule has 2 bridgehead atoms. The molecule has 2 unspecified atom stereocenters. The fraction of sp³-hybridized carbons (Fsp3) is 0.333. The molecule has 5 nitrogen and oxygen atoms in total. The molecule has 21 heavy (non-hydrogen) atoms. The van der Waals surface area contributed by atoms with Gasteiger partial charge < -0.3 is 15.6 Å². The molecule has 2 aromatic rings. The largest absolute Gasteiger partial charge is 0.356 e. The molecular weight excluding hydrogens is 332 g/mol. The fourth-order valence-corrected chi connectivity index (χ4v) is 3.55. The maximum atomic E-state index is 12.1. The Balaban J connectivity index is 1.58. The third-order valence-corrected chi connectivity index (χ3v) is 4.67. The first-order valence-corrected chi connectivity index (χ1v) is 7.88. The molecule has 4 heterocycles. The zero-order valence-electron chi connectivity index (χ0n) is 11.3. The summed E-state index contributed by atoms with van der Waals surface area (Å²) in [5.74, 6) is -0.157. The number of H-pyrrole nitrogens is 1. The van der Waals surface area contributed by atoms with Crippen molar-refractivity contribution < 1.29 is 4.79 Å². The molecule has 2 aliphatic rings. The standard InChI is InChI=1S/C15H15BrN4O/c16-8-3-14(17-6-8)15(21)20-10-4-11-12-2-1-9(19-12)5-13(11)18-7-10/h3-4,6-7,9,12,17,19H,1-2,5H2,(H,20,21). The van der Waals surface area contributed by atoms with Crippen LogP contribution in [0.15, 0.2) is 29.0 Å². The van der Waals surface area contributed by atoms with E-state index in [0.29, 0.717) is 17.8 Å². The van der Waals surface area contributed by atoms with Crippen LogP contribution in [0.2, 0.25) is 0 Å². The first-order chi connectivity index (χ1) is 10.2. The van der Waals surface area contributed by atoms with Crippen LogP contribution in [0, 0.1) is 0 Å². The first-order valence-electron chi connectivity index (χ1n) is 7.09. The van der Waals surface area contributed by atoms with Crippen LogP contribution in [-0.4, -0.2) is 21.9 Å².